The highest BCUT2D eigenvalue weighted by Crippen LogP contribution is 2.30. The van der Waals surface area contributed by atoms with Crippen LogP contribution in [-0.2, 0) is 6.54 Å². The standard InChI is InChI=1S/C26H33N3O/c1-19-7-11-22(12-8-19)18-29-17-21(3)24(23-13-9-20(2)10-14-23)25(29)26(30)27-15-6-16-28(4)5/h7-14,17H,6,15-16,18H2,1-5H3,(H,27,30). The number of carbonyl (C=O) groups is 1. The fourth-order valence-corrected chi connectivity index (χ4v) is 3.72. The van der Waals surface area contributed by atoms with Gasteiger partial charge in [0.1, 0.15) is 5.69 Å². The van der Waals surface area contributed by atoms with Crippen molar-refractivity contribution < 1.29 is 4.79 Å². The van der Waals surface area contributed by atoms with Crippen molar-refractivity contribution in [2.75, 3.05) is 27.2 Å². The zero-order valence-electron chi connectivity index (χ0n) is 18.8. The van der Waals surface area contributed by atoms with Crippen LogP contribution in [0.2, 0.25) is 0 Å². The van der Waals surface area contributed by atoms with Crippen LogP contribution in [0.15, 0.2) is 54.7 Å². The topological polar surface area (TPSA) is 37.3 Å². The summed E-state index contributed by atoms with van der Waals surface area (Å²) < 4.78 is 2.09. The second-order valence-electron chi connectivity index (χ2n) is 8.43. The molecule has 0 bridgehead atoms. The van der Waals surface area contributed by atoms with Gasteiger partial charge in [0.25, 0.3) is 5.91 Å². The highest BCUT2D eigenvalue weighted by atomic mass is 16.1. The highest BCUT2D eigenvalue weighted by Gasteiger charge is 2.21. The molecule has 4 nitrogen and oxygen atoms in total. The van der Waals surface area contributed by atoms with Crippen molar-refractivity contribution in [2.45, 2.75) is 33.7 Å². The molecule has 0 aliphatic rings. The Kier molecular flexibility index (Phi) is 7.11. The third-order valence-corrected chi connectivity index (χ3v) is 5.36. The average Bonchev–Trinajstić information content (AvgIpc) is 3.03. The van der Waals surface area contributed by atoms with Crippen LogP contribution in [0.25, 0.3) is 11.1 Å². The zero-order valence-corrected chi connectivity index (χ0v) is 18.8. The van der Waals surface area contributed by atoms with Crippen LogP contribution in [0.4, 0.5) is 0 Å². The lowest BCUT2D eigenvalue weighted by Crippen LogP contribution is -2.29. The normalized spacial score (nSPS) is 11.1. The first-order valence-electron chi connectivity index (χ1n) is 10.6. The molecule has 0 saturated carbocycles. The predicted octanol–water partition coefficient (Wildman–Crippen LogP) is 4.81. The first kappa shape index (κ1) is 21.8. The number of aromatic nitrogens is 1. The number of hydrogen-bond donors (Lipinski definition) is 1. The van der Waals surface area contributed by atoms with Gasteiger partial charge < -0.3 is 14.8 Å². The number of aryl methyl sites for hydroxylation is 3. The number of hydrogen-bond acceptors (Lipinski definition) is 2. The van der Waals surface area contributed by atoms with Crippen LogP contribution in [-0.4, -0.2) is 42.6 Å². The van der Waals surface area contributed by atoms with Gasteiger partial charge in [-0.3, -0.25) is 4.79 Å². The summed E-state index contributed by atoms with van der Waals surface area (Å²) in [6.07, 6.45) is 3.03. The molecule has 0 aliphatic carbocycles. The van der Waals surface area contributed by atoms with E-state index in [1.165, 1.54) is 16.7 Å². The SMILES string of the molecule is Cc1ccc(Cn2cc(C)c(-c3ccc(C)cc3)c2C(=O)NCCCN(C)C)cc1. The molecule has 3 aromatic rings. The minimum atomic E-state index is -0.00968. The Morgan fingerprint density at radius 1 is 0.933 bits per heavy atom. The van der Waals surface area contributed by atoms with Crippen molar-refractivity contribution in [3.63, 3.8) is 0 Å². The van der Waals surface area contributed by atoms with Crippen LogP contribution in [0.5, 0.6) is 0 Å². The second-order valence-corrected chi connectivity index (χ2v) is 8.43. The largest absolute Gasteiger partial charge is 0.351 e. The molecule has 0 atom stereocenters. The van der Waals surface area contributed by atoms with E-state index in [9.17, 15) is 4.79 Å². The molecule has 0 aliphatic heterocycles. The lowest BCUT2D eigenvalue weighted by atomic mass is 10.0. The Balaban J connectivity index is 1.95. The molecule has 1 heterocycles. The summed E-state index contributed by atoms with van der Waals surface area (Å²) in [7, 11) is 4.10. The summed E-state index contributed by atoms with van der Waals surface area (Å²) in [5.74, 6) is -0.00968. The smallest absolute Gasteiger partial charge is 0.268 e. The third kappa shape index (κ3) is 5.39. The van der Waals surface area contributed by atoms with E-state index in [-0.39, 0.29) is 5.91 Å². The Bertz CT molecular complexity index is 982. The molecule has 0 saturated heterocycles. The van der Waals surface area contributed by atoms with E-state index in [1.807, 2.05) is 14.1 Å². The maximum absolute atomic E-state index is 13.3. The van der Waals surface area contributed by atoms with Crippen LogP contribution in [0.1, 0.15) is 39.2 Å². The number of nitrogens with zero attached hydrogens (tertiary/aromatic N) is 2. The van der Waals surface area contributed by atoms with Crippen molar-refractivity contribution in [3.05, 3.63) is 82.7 Å². The molecule has 1 aromatic heterocycles. The molecule has 0 fully saturated rings. The molecule has 0 spiro atoms. The van der Waals surface area contributed by atoms with E-state index in [0.29, 0.717) is 13.1 Å². The summed E-state index contributed by atoms with van der Waals surface area (Å²) in [5.41, 5.74) is 7.59. The monoisotopic (exact) mass is 403 g/mol. The summed E-state index contributed by atoms with van der Waals surface area (Å²) in [4.78, 5) is 15.4. The van der Waals surface area contributed by atoms with E-state index in [4.69, 9.17) is 0 Å². The first-order chi connectivity index (χ1) is 14.3. The molecule has 0 radical (unpaired) electrons. The Morgan fingerprint density at radius 2 is 1.53 bits per heavy atom. The van der Waals surface area contributed by atoms with Gasteiger partial charge in [0, 0.05) is 24.8 Å². The minimum Gasteiger partial charge on any atom is -0.351 e. The van der Waals surface area contributed by atoms with Crippen molar-refractivity contribution >= 4 is 5.91 Å². The third-order valence-electron chi connectivity index (χ3n) is 5.36. The van der Waals surface area contributed by atoms with Gasteiger partial charge in [0.15, 0.2) is 0 Å². The number of amides is 1. The van der Waals surface area contributed by atoms with E-state index in [1.54, 1.807) is 0 Å². The van der Waals surface area contributed by atoms with Gasteiger partial charge in [-0.2, -0.15) is 0 Å². The van der Waals surface area contributed by atoms with Gasteiger partial charge >= 0.3 is 0 Å². The lowest BCUT2D eigenvalue weighted by Gasteiger charge is -2.14. The summed E-state index contributed by atoms with van der Waals surface area (Å²) >= 11 is 0. The Hall–Kier alpha value is -2.85. The molecular formula is C26H33N3O. The van der Waals surface area contributed by atoms with E-state index < -0.39 is 0 Å². The van der Waals surface area contributed by atoms with Crippen molar-refractivity contribution in [2.24, 2.45) is 0 Å². The van der Waals surface area contributed by atoms with Gasteiger partial charge in [-0.1, -0.05) is 59.7 Å². The van der Waals surface area contributed by atoms with Gasteiger partial charge in [-0.25, -0.2) is 0 Å². The molecule has 4 heteroatoms. The molecule has 2 aromatic carbocycles. The van der Waals surface area contributed by atoms with Crippen molar-refractivity contribution in [1.29, 1.82) is 0 Å². The summed E-state index contributed by atoms with van der Waals surface area (Å²) in [5, 5.41) is 3.14. The van der Waals surface area contributed by atoms with E-state index in [0.717, 1.165) is 35.3 Å². The molecule has 30 heavy (non-hydrogen) atoms. The fourth-order valence-electron chi connectivity index (χ4n) is 3.72. The Labute approximate surface area is 180 Å². The molecule has 1 amide bonds. The predicted molar refractivity (Wildman–Crippen MR) is 125 cm³/mol. The number of nitrogens with one attached hydrogen (secondary N) is 1. The highest BCUT2D eigenvalue weighted by molar-refractivity contribution is 6.00. The number of rotatable bonds is 8. The van der Waals surface area contributed by atoms with Crippen molar-refractivity contribution in [1.82, 2.24) is 14.8 Å². The maximum Gasteiger partial charge on any atom is 0.268 e. The van der Waals surface area contributed by atoms with Gasteiger partial charge in [-0.05, 0) is 64.5 Å². The van der Waals surface area contributed by atoms with Gasteiger partial charge in [0.2, 0.25) is 0 Å². The second kappa shape index (κ2) is 9.77. The van der Waals surface area contributed by atoms with Crippen molar-refractivity contribution in [3.8, 4) is 11.1 Å². The number of carbonyl (C=O) groups excluding carboxylic acids is 1. The summed E-state index contributed by atoms with van der Waals surface area (Å²) in [6.45, 7) is 8.55. The molecule has 158 valence electrons. The molecular weight excluding hydrogens is 370 g/mol. The summed E-state index contributed by atoms with van der Waals surface area (Å²) in [6, 6.07) is 16.9. The van der Waals surface area contributed by atoms with E-state index in [2.05, 4.69) is 90.3 Å². The first-order valence-corrected chi connectivity index (χ1v) is 10.6. The minimum absolute atomic E-state index is 0.00968. The fraction of sp³-hybridized carbons (Fsp3) is 0.346. The molecule has 3 rings (SSSR count). The van der Waals surface area contributed by atoms with E-state index >= 15 is 0 Å². The molecule has 1 N–H and O–H groups in total. The van der Waals surface area contributed by atoms with Gasteiger partial charge in [-0.15, -0.1) is 0 Å². The van der Waals surface area contributed by atoms with Crippen LogP contribution in [0, 0.1) is 20.8 Å². The zero-order chi connectivity index (χ0) is 21.7. The van der Waals surface area contributed by atoms with Crippen LogP contribution in [0.3, 0.4) is 0 Å². The lowest BCUT2D eigenvalue weighted by molar-refractivity contribution is 0.0944. The number of benzene rings is 2. The van der Waals surface area contributed by atoms with Gasteiger partial charge in [0.05, 0.1) is 0 Å². The average molecular weight is 404 g/mol. The Morgan fingerprint density at radius 3 is 2.13 bits per heavy atom. The van der Waals surface area contributed by atoms with Crippen LogP contribution >= 0.6 is 0 Å². The quantitative estimate of drug-likeness (QED) is 0.548. The maximum atomic E-state index is 13.3. The van der Waals surface area contributed by atoms with Crippen LogP contribution < -0.4 is 5.32 Å². The molecule has 0 unspecified atom stereocenters.